The first-order valence-electron chi connectivity index (χ1n) is 7.02. The number of carbonyl (C=O) groups excluding carboxylic acids is 1. The zero-order valence-electron chi connectivity index (χ0n) is 11.7. The van der Waals surface area contributed by atoms with Crippen LogP contribution in [-0.4, -0.2) is 21.7 Å². The maximum Gasteiger partial charge on any atom is 0.268 e. The lowest BCUT2D eigenvalue weighted by atomic mass is 10.1. The van der Waals surface area contributed by atoms with Gasteiger partial charge in [0.25, 0.3) is 5.91 Å². The molecule has 0 saturated carbocycles. The Bertz CT molecular complexity index is 681. The Balaban J connectivity index is 1.85. The lowest BCUT2D eigenvalue weighted by Crippen LogP contribution is -2.34. The minimum Gasteiger partial charge on any atom is -0.390 e. The Morgan fingerprint density at radius 3 is 3.00 bits per heavy atom. The smallest absolute Gasteiger partial charge is 0.268 e. The van der Waals surface area contributed by atoms with Gasteiger partial charge in [-0.3, -0.25) is 4.79 Å². The number of aryl methyl sites for hydroxylation is 1. The summed E-state index contributed by atoms with van der Waals surface area (Å²) in [7, 11) is 0. The van der Waals surface area contributed by atoms with E-state index < -0.39 is 6.10 Å². The molecule has 3 rings (SSSR count). The predicted molar refractivity (Wildman–Crippen MR) is 81.5 cm³/mol. The van der Waals surface area contributed by atoms with Crippen LogP contribution in [0, 0.1) is 0 Å². The maximum atomic E-state index is 12.4. The highest BCUT2D eigenvalue weighted by atomic mass is 35.5. The van der Waals surface area contributed by atoms with Crippen LogP contribution in [0.3, 0.4) is 0 Å². The number of aliphatic hydroxyl groups excluding tert-OH is 1. The third-order valence-corrected chi connectivity index (χ3v) is 4.13. The molecule has 0 radical (unpaired) electrons. The number of rotatable bonds is 3. The molecular weight excluding hydrogens is 288 g/mol. The molecule has 1 aliphatic carbocycles. The second-order valence-electron chi connectivity index (χ2n) is 5.25. The number of fused-ring (bicyclic) bond motifs is 1. The number of hydrogen-bond donors (Lipinski definition) is 2. The van der Waals surface area contributed by atoms with E-state index in [2.05, 4.69) is 5.32 Å². The summed E-state index contributed by atoms with van der Waals surface area (Å²) in [5.74, 6) is -0.218. The van der Waals surface area contributed by atoms with Gasteiger partial charge in [-0.15, -0.1) is 0 Å². The fourth-order valence-electron chi connectivity index (χ4n) is 2.89. The number of carbonyl (C=O) groups is 1. The van der Waals surface area contributed by atoms with Crippen molar-refractivity contribution in [3.63, 3.8) is 0 Å². The Labute approximate surface area is 128 Å². The second kappa shape index (κ2) is 5.54. The van der Waals surface area contributed by atoms with E-state index in [1.165, 1.54) is 0 Å². The number of amides is 1. The average molecular weight is 305 g/mol. The summed E-state index contributed by atoms with van der Waals surface area (Å²) in [5, 5.41) is 13.6. The molecule has 21 heavy (non-hydrogen) atoms. The highest BCUT2D eigenvalue weighted by Gasteiger charge is 2.32. The Hall–Kier alpha value is -1.78. The summed E-state index contributed by atoms with van der Waals surface area (Å²) in [5.41, 5.74) is 2.58. The first-order chi connectivity index (χ1) is 10.1. The van der Waals surface area contributed by atoms with Crippen LogP contribution in [0.4, 0.5) is 0 Å². The van der Waals surface area contributed by atoms with Crippen molar-refractivity contribution in [3.8, 4) is 0 Å². The van der Waals surface area contributed by atoms with E-state index in [0.717, 1.165) is 11.1 Å². The first-order valence-corrected chi connectivity index (χ1v) is 7.40. The monoisotopic (exact) mass is 304 g/mol. The van der Waals surface area contributed by atoms with E-state index in [1.807, 2.05) is 31.2 Å². The maximum absolute atomic E-state index is 12.4. The van der Waals surface area contributed by atoms with Crippen molar-refractivity contribution in [2.45, 2.75) is 32.0 Å². The van der Waals surface area contributed by atoms with Crippen molar-refractivity contribution in [2.75, 3.05) is 0 Å². The third kappa shape index (κ3) is 2.57. The highest BCUT2D eigenvalue weighted by Crippen LogP contribution is 2.31. The summed E-state index contributed by atoms with van der Waals surface area (Å²) in [6.07, 6.45) is 1.71. The molecule has 0 bridgehead atoms. The topological polar surface area (TPSA) is 54.3 Å². The number of aliphatic hydroxyl groups is 1. The largest absolute Gasteiger partial charge is 0.390 e. The van der Waals surface area contributed by atoms with Gasteiger partial charge in [-0.05, 0) is 24.1 Å². The summed E-state index contributed by atoms with van der Waals surface area (Å²) in [6, 6.07) is 9.07. The highest BCUT2D eigenvalue weighted by molar-refractivity contribution is 6.31. The fourth-order valence-corrected chi connectivity index (χ4v) is 3.11. The van der Waals surface area contributed by atoms with Gasteiger partial charge in [-0.25, -0.2) is 0 Å². The van der Waals surface area contributed by atoms with E-state index in [-0.39, 0.29) is 11.9 Å². The zero-order valence-corrected chi connectivity index (χ0v) is 12.5. The van der Waals surface area contributed by atoms with E-state index in [4.69, 9.17) is 11.6 Å². The molecule has 0 spiro atoms. The second-order valence-corrected chi connectivity index (χ2v) is 5.69. The van der Waals surface area contributed by atoms with Crippen molar-refractivity contribution in [3.05, 3.63) is 58.4 Å². The van der Waals surface area contributed by atoms with E-state index >= 15 is 0 Å². The van der Waals surface area contributed by atoms with Crippen LogP contribution < -0.4 is 5.32 Å². The lowest BCUT2D eigenvalue weighted by molar-refractivity contribution is 0.0849. The number of benzene rings is 1. The Kier molecular flexibility index (Phi) is 3.74. The van der Waals surface area contributed by atoms with Gasteiger partial charge in [0.05, 0.1) is 17.2 Å². The van der Waals surface area contributed by atoms with Gasteiger partial charge in [-0.2, -0.15) is 0 Å². The fraction of sp³-hybridized carbons (Fsp3) is 0.312. The molecule has 2 atom stereocenters. The Morgan fingerprint density at radius 1 is 1.48 bits per heavy atom. The molecule has 1 amide bonds. The molecule has 5 heteroatoms. The molecule has 1 aliphatic rings. The zero-order chi connectivity index (χ0) is 15.0. The number of nitrogens with one attached hydrogen (secondary N) is 1. The first kappa shape index (κ1) is 14.2. The number of halogens is 1. The molecule has 1 heterocycles. The summed E-state index contributed by atoms with van der Waals surface area (Å²) in [6.45, 7) is 2.62. The summed E-state index contributed by atoms with van der Waals surface area (Å²) in [4.78, 5) is 12.4. The van der Waals surface area contributed by atoms with Crippen molar-refractivity contribution in [2.24, 2.45) is 0 Å². The third-order valence-electron chi connectivity index (χ3n) is 3.93. The summed E-state index contributed by atoms with van der Waals surface area (Å²) < 4.78 is 1.80. The molecule has 0 fully saturated rings. The van der Waals surface area contributed by atoms with Crippen LogP contribution in [-0.2, 0) is 13.0 Å². The van der Waals surface area contributed by atoms with Gasteiger partial charge in [-0.1, -0.05) is 35.9 Å². The predicted octanol–water partition coefficient (Wildman–Crippen LogP) is 2.55. The molecule has 1 aromatic carbocycles. The van der Waals surface area contributed by atoms with Crippen molar-refractivity contribution in [1.29, 1.82) is 0 Å². The summed E-state index contributed by atoms with van der Waals surface area (Å²) >= 11 is 5.96. The van der Waals surface area contributed by atoms with Crippen LogP contribution in [0.15, 0.2) is 36.5 Å². The Morgan fingerprint density at radius 2 is 2.24 bits per heavy atom. The lowest BCUT2D eigenvalue weighted by Gasteiger charge is -2.18. The van der Waals surface area contributed by atoms with Crippen molar-refractivity contribution < 1.29 is 9.90 Å². The minimum atomic E-state index is -0.591. The molecule has 0 unspecified atom stereocenters. The number of hydrogen-bond acceptors (Lipinski definition) is 2. The molecule has 0 aliphatic heterocycles. The van der Waals surface area contributed by atoms with Crippen molar-refractivity contribution >= 4 is 17.5 Å². The minimum absolute atomic E-state index is 0.218. The van der Waals surface area contributed by atoms with Gasteiger partial charge >= 0.3 is 0 Å². The van der Waals surface area contributed by atoms with E-state index in [9.17, 15) is 9.90 Å². The van der Waals surface area contributed by atoms with E-state index in [1.54, 1.807) is 16.8 Å². The van der Waals surface area contributed by atoms with Crippen LogP contribution in [0.1, 0.15) is 34.6 Å². The number of aromatic nitrogens is 1. The average Bonchev–Trinajstić information content (AvgIpc) is 3.00. The molecule has 1 aromatic heterocycles. The SMILES string of the molecule is CCn1cc(Cl)cc1C(=O)N[C@H]1c2ccccc2C[C@H]1O. The van der Waals surface area contributed by atoms with Gasteiger partial charge in [0.2, 0.25) is 0 Å². The van der Waals surface area contributed by atoms with Crippen molar-refractivity contribution in [1.82, 2.24) is 9.88 Å². The van der Waals surface area contributed by atoms with Gasteiger partial charge in [0.15, 0.2) is 0 Å². The van der Waals surface area contributed by atoms with Crippen LogP contribution in [0.5, 0.6) is 0 Å². The molecule has 4 nitrogen and oxygen atoms in total. The normalized spacial score (nSPS) is 20.3. The van der Waals surface area contributed by atoms with Gasteiger partial charge in [0, 0.05) is 19.2 Å². The molecular formula is C16H17ClN2O2. The van der Waals surface area contributed by atoms with Crippen LogP contribution >= 0.6 is 11.6 Å². The number of nitrogens with zero attached hydrogens (tertiary/aromatic N) is 1. The molecule has 110 valence electrons. The standard InChI is InChI=1S/C16H17ClN2O2/c1-2-19-9-11(17)8-13(19)16(21)18-15-12-6-4-3-5-10(12)7-14(15)20/h3-6,8-9,14-15,20H,2,7H2,1H3,(H,18,21)/t14-,15+/m1/s1. The molecule has 2 aromatic rings. The molecule has 2 N–H and O–H groups in total. The van der Waals surface area contributed by atoms with Crippen LogP contribution in [0.25, 0.3) is 0 Å². The van der Waals surface area contributed by atoms with Gasteiger partial charge in [0.1, 0.15) is 5.69 Å². The molecule has 0 saturated heterocycles. The van der Waals surface area contributed by atoms with E-state index in [0.29, 0.717) is 23.7 Å². The quantitative estimate of drug-likeness (QED) is 0.915. The van der Waals surface area contributed by atoms with Gasteiger partial charge < -0.3 is 15.0 Å². The van der Waals surface area contributed by atoms with Crippen LogP contribution in [0.2, 0.25) is 5.02 Å².